The first kappa shape index (κ1) is 98.1. The van der Waals surface area contributed by atoms with Crippen molar-refractivity contribution in [2.45, 2.75) is 445 Å². The fraction of sp³-hybridized carbons (Fsp3) is 0.951. The predicted molar refractivity (Wildman–Crippen MR) is 409 cm³/mol. The molecule has 0 bridgehead atoms. The number of unbranched alkanes of at least 4 members (excludes halogenated alkanes) is 49. The summed E-state index contributed by atoms with van der Waals surface area (Å²) in [5.74, 6) is -0.538. The highest BCUT2D eigenvalue weighted by Gasteiger charge is 2.30. The topological polar surface area (TPSA) is 237 Å². The molecule has 0 heterocycles. The molecule has 3 unspecified atom stereocenters. The van der Waals surface area contributed by atoms with Gasteiger partial charge in [0, 0.05) is 25.7 Å². The van der Waals surface area contributed by atoms with E-state index in [-0.39, 0.29) is 25.7 Å². The summed E-state index contributed by atoms with van der Waals surface area (Å²) in [5.41, 5.74) is 0. The lowest BCUT2D eigenvalue weighted by Gasteiger charge is -2.21. The molecule has 19 heteroatoms. The molecule has 0 saturated heterocycles. The maximum absolute atomic E-state index is 13.1. The van der Waals surface area contributed by atoms with Crippen LogP contribution in [-0.4, -0.2) is 96.7 Å². The molecule has 594 valence electrons. The number of carbonyl (C=O) groups excluding carboxylic acids is 4. The molecule has 0 aliphatic carbocycles. The number of hydrogen-bond acceptors (Lipinski definition) is 15. The molecule has 0 aromatic heterocycles. The van der Waals surface area contributed by atoms with Gasteiger partial charge >= 0.3 is 39.5 Å². The van der Waals surface area contributed by atoms with Crippen molar-refractivity contribution in [3.05, 3.63) is 0 Å². The van der Waals surface area contributed by atoms with E-state index >= 15 is 0 Å². The Morgan fingerprint density at radius 2 is 0.510 bits per heavy atom. The first-order valence-electron chi connectivity index (χ1n) is 42.0. The molecule has 0 rings (SSSR count). The van der Waals surface area contributed by atoms with Crippen LogP contribution in [0.2, 0.25) is 0 Å². The summed E-state index contributed by atoms with van der Waals surface area (Å²) in [5, 5.41) is 10.6. The van der Waals surface area contributed by atoms with Gasteiger partial charge in [-0.15, -0.1) is 0 Å². The zero-order valence-electron chi connectivity index (χ0n) is 65.5. The van der Waals surface area contributed by atoms with Crippen LogP contribution in [0.5, 0.6) is 0 Å². The predicted octanol–water partition coefficient (Wildman–Crippen LogP) is 24.3. The van der Waals surface area contributed by atoms with Gasteiger partial charge in [0.15, 0.2) is 12.2 Å². The fourth-order valence-electron chi connectivity index (χ4n) is 12.5. The Balaban J connectivity index is 5.18. The first-order valence-corrected chi connectivity index (χ1v) is 45.0. The van der Waals surface area contributed by atoms with Crippen LogP contribution in [0, 0.1) is 11.8 Å². The number of phosphoric acid groups is 2. The van der Waals surface area contributed by atoms with Crippen molar-refractivity contribution >= 4 is 39.5 Å². The van der Waals surface area contributed by atoms with Crippen LogP contribution in [0.3, 0.4) is 0 Å². The Morgan fingerprint density at radius 3 is 0.760 bits per heavy atom. The number of rotatable bonds is 80. The lowest BCUT2D eigenvalue weighted by atomic mass is 9.99. The standard InChI is InChI=1S/C81H158O17P2/c1-7-10-12-14-16-18-19-20-21-22-23-24-25-26-27-30-34-37-40-47-53-59-65-80(85)97-77(70-92-79(84)64-58-52-46-39-36-33-31-28-29-32-35-38-43-49-55-61-73(4)5)72-96-100(89,90)94-68-75(82)67-93-99(87,88)95-71-76(69-91-78(83)63-57-51-45-17-15-13-11-8-2)98-81(86)66-60-54-48-42-41-44-50-56-62-74(6)9-3/h73-77,82H,7-72H2,1-6H3,(H,87,88)(H,89,90)/t74?,75-,76+,77+/m0/s1. The number of aliphatic hydroxyl groups excluding tert-OH is 1. The quantitative estimate of drug-likeness (QED) is 0.0222. The molecule has 3 N–H and O–H groups in total. The monoisotopic (exact) mass is 1470 g/mol. The van der Waals surface area contributed by atoms with E-state index in [0.717, 1.165) is 108 Å². The minimum absolute atomic E-state index is 0.105. The average molecular weight is 1470 g/mol. The summed E-state index contributed by atoms with van der Waals surface area (Å²) in [6.45, 7) is 9.62. The van der Waals surface area contributed by atoms with Gasteiger partial charge in [0.25, 0.3) is 0 Å². The maximum Gasteiger partial charge on any atom is 0.472 e. The van der Waals surface area contributed by atoms with Crippen LogP contribution in [-0.2, 0) is 65.4 Å². The second kappa shape index (κ2) is 72.6. The normalized spacial score (nSPS) is 14.2. The third kappa shape index (κ3) is 73.0. The Bertz CT molecular complexity index is 1930. The highest BCUT2D eigenvalue weighted by Crippen LogP contribution is 2.45. The van der Waals surface area contributed by atoms with Crippen LogP contribution in [0.1, 0.15) is 427 Å². The third-order valence-electron chi connectivity index (χ3n) is 19.3. The smallest absolute Gasteiger partial charge is 0.462 e. The minimum Gasteiger partial charge on any atom is -0.462 e. The van der Waals surface area contributed by atoms with Gasteiger partial charge in [0.05, 0.1) is 26.4 Å². The molecule has 0 fully saturated rings. The van der Waals surface area contributed by atoms with Gasteiger partial charge in [-0.25, -0.2) is 9.13 Å². The lowest BCUT2D eigenvalue weighted by Crippen LogP contribution is -2.30. The largest absolute Gasteiger partial charge is 0.472 e. The lowest BCUT2D eigenvalue weighted by molar-refractivity contribution is -0.161. The molecule has 17 nitrogen and oxygen atoms in total. The number of esters is 4. The van der Waals surface area contributed by atoms with Crippen molar-refractivity contribution in [2.75, 3.05) is 39.6 Å². The average Bonchev–Trinajstić information content (AvgIpc) is 1.02. The highest BCUT2D eigenvalue weighted by molar-refractivity contribution is 7.47. The van der Waals surface area contributed by atoms with E-state index in [1.807, 2.05) is 0 Å². The van der Waals surface area contributed by atoms with E-state index in [9.17, 15) is 43.2 Å². The Kier molecular flexibility index (Phi) is 71.2. The second-order valence-electron chi connectivity index (χ2n) is 29.9. The molecule has 0 radical (unpaired) electrons. The van der Waals surface area contributed by atoms with Gasteiger partial charge in [-0.05, 0) is 37.5 Å². The Labute approximate surface area is 613 Å². The molecule has 0 aromatic rings. The highest BCUT2D eigenvalue weighted by atomic mass is 31.2. The summed E-state index contributed by atoms with van der Waals surface area (Å²) in [4.78, 5) is 72.9. The van der Waals surface area contributed by atoms with Gasteiger partial charge in [0.1, 0.15) is 19.3 Å². The van der Waals surface area contributed by atoms with Crippen molar-refractivity contribution < 1.29 is 80.2 Å². The third-order valence-corrected chi connectivity index (χ3v) is 21.2. The van der Waals surface area contributed by atoms with Gasteiger partial charge in [-0.3, -0.25) is 37.3 Å². The number of ether oxygens (including phenoxy) is 4. The summed E-state index contributed by atoms with van der Waals surface area (Å²) >= 11 is 0. The number of aliphatic hydroxyl groups is 1. The zero-order valence-corrected chi connectivity index (χ0v) is 67.3. The number of carbonyl (C=O) groups is 4. The van der Waals surface area contributed by atoms with Crippen LogP contribution < -0.4 is 0 Å². The van der Waals surface area contributed by atoms with E-state index in [1.165, 1.54) is 238 Å². The molecule has 0 aliphatic heterocycles. The van der Waals surface area contributed by atoms with E-state index < -0.39 is 97.5 Å². The second-order valence-corrected chi connectivity index (χ2v) is 32.8. The maximum atomic E-state index is 13.1. The fourth-order valence-corrected chi connectivity index (χ4v) is 14.1. The van der Waals surface area contributed by atoms with E-state index in [0.29, 0.717) is 25.7 Å². The summed E-state index contributed by atoms with van der Waals surface area (Å²) in [6, 6.07) is 0. The van der Waals surface area contributed by atoms with Crippen molar-refractivity contribution in [2.24, 2.45) is 11.8 Å². The van der Waals surface area contributed by atoms with Crippen LogP contribution in [0.4, 0.5) is 0 Å². The van der Waals surface area contributed by atoms with Crippen molar-refractivity contribution in [1.82, 2.24) is 0 Å². The molecule has 0 amide bonds. The van der Waals surface area contributed by atoms with Gasteiger partial charge in [0.2, 0.25) is 0 Å². The van der Waals surface area contributed by atoms with E-state index in [2.05, 4.69) is 41.5 Å². The van der Waals surface area contributed by atoms with Crippen molar-refractivity contribution in [3.63, 3.8) is 0 Å². The van der Waals surface area contributed by atoms with Crippen LogP contribution in [0.25, 0.3) is 0 Å². The Morgan fingerprint density at radius 1 is 0.290 bits per heavy atom. The zero-order chi connectivity index (χ0) is 73.5. The SMILES string of the molecule is CCCCCCCCCCCCCCCCCCCCCCCCC(=O)O[C@H](COC(=O)CCCCCCCCCCCCCCCCCC(C)C)COP(=O)(O)OC[C@@H](O)COP(=O)(O)OC[C@@H](COC(=O)CCCCCCCCCC)OC(=O)CCCCCCCCCCC(C)CC. The summed E-state index contributed by atoms with van der Waals surface area (Å²) in [6.07, 6.45) is 62.7. The van der Waals surface area contributed by atoms with E-state index in [1.54, 1.807) is 0 Å². The van der Waals surface area contributed by atoms with Crippen molar-refractivity contribution in [1.29, 1.82) is 0 Å². The van der Waals surface area contributed by atoms with Crippen LogP contribution >= 0.6 is 15.6 Å². The van der Waals surface area contributed by atoms with E-state index in [4.69, 9.17) is 37.0 Å². The Hall–Kier alpha value is -1.94. The van der Waals surface area contributed by atoms with Crippen molar-refractivity contribution in [3.8, 4) is 0 Å². The molecule has 0 aliphatic rings. The van der Waals surface area contributed by atoms with Gasteiger partial charge in [-0.2, -0.15) is 0 Å². The molecular formula is C81H158O17P2. The number of phosphoric ester groups is 2. The number of hydrogen-bond donors (Lipinski definition) is 3. The molecule has 6 atom stereocenters. The summed E-state index contributed by atoms with van der Waals surface area (Å²) < 4.78 is 68.6. The minimum atomic E-state index is -4.96. The van der Waals surface area contributed by atoms with Gasteiger partial charge in [-0.1, -0.05) is 375 Å². The summed E-state index contributed by atoms with van der Waals surface area (Å²) in [7, 11) is -9.91. The first-order chi connectivity index (χ1) is 48.4. The molecule has 100 heavy (non-hydrogen) atoms. The molecule has 0 aromatic carbocycles. The molecular weight excluding hydrogens is 1310 g/mol. The van der Waals surface area contributed by atoms with Gasteiger partial charge < -0.3 is 33.8 Å². The molecule has 0 saturated carbocycles. The van der Waals surface area contributed by atoms with Crippen LogP contribution in [0.15, 0.2) is 0 Å². The molecule has 0 spiro atoms.